The van der Waals surface area contributed by atoms with Gasteiger partial charge in [-0.2, -0.15) is 0 Å². The number of anilines is 1. The molecule has 1 aromatic heterocycles. The van der Waals surface area contributed by atoms with Crippen molar-refractivity contribution in [3.63, 3.8) is 0 Å². The number of hydrogen-bond donors (Lipinski definition) is 2. The van der Waals surface area contributed by atoms with Crippen LogP contribution in [0, 0.1) is 0 Å². The van der Waals surface area contributed by atoms with Crippen LogP contribution in [0.5, 0.6) is 0 Å². The van der Waals surface area contributed by atoms with E-state index in [0.29, 0.717) is 6.54 Å². The van der Waals surface area contributed by atoms with Crippen molar-refractivity contribution in [2.45, 2.75) is 19.4 Å². The van der Waals surface area contributed by atoms with E-state index in [1.54, 1.807) is 11.3 Å². The van der Waals surface area contributed by atoms with Crippen molar-refractivity contribution >= 4 is 16.5 Å². The minimum absolute atomic E-state index is 0.231. The van der Waals surface area contributed by atoms with Crippen LogP contribution in [-0.2, 0) is 6.42 Å². The van der Waals surface area contributed by atoms with Crippen molar-refractivity contribution < 1.29 is 0 Å². The minimum atomic E-state index is 0.231. The molecule has 4 nitrogen and oxygen atoms in total. The first kappa shape index (κ1) is 12.0. The molecule has 0 aliphatic carbocycles. The Balaban J connectivity index is 2.00. The fourth-order valence-corrected chi connectivity index (χ4v) is 2.39. The molecule has 0 aliphatic heterocycles. The topological polar surface area (TPSA) is 63.8 Å². The molecule has 0 saturated carbocycles. The van der Waals surface area contributed by atoms with E-state index in [1.165, 1.54) is 5.56 Å². The van der Waals surface area contributed by atoms with Gasteiger partial charge in [-0.15, -0.1) is 10.2 Å². The Hall–Kier alpha value is -1.46. The molecular formula is C12H16N4S. The Kier molecular flexibility index (Phi) is 4.06. The number of aromatic nitrogens is 2. The second-order valence-corrected chi connectivity index (χ2v) is 4.88. The highest BCUT2D eigenvalue weighted by molar-refractivity contribution is 7.15. The molecule has 0 spiro atoms. The monoisotopic (exact) mass is 248 g/mol. The van der Waals surface area contributed by atoms with Crippen LogP contribution < -0.4 is 11.1 Å². The number of nitrogens with zero attached hydrogens (tertiary/aromatic N) is 2. The maximum atomic E-state index is 5.48. The summed E-state index contributed by atoms with van der Waals surface area (Å²) in [5.41, 5.74) is 6.72. The first-order chi connectivity index (χ1) is 8.29. The van der Waals surface area contributed by atoms with E-state index in [-0.39, 0.29) is 6.04 Å². The van der Waals surface area contributed by atoms with Crippen molar-refractivity contribution in [1.82, 2.24) is 10.2 Å². The molecule has 0 bridgehead atoms. The molecule has 0 saturated heterocycles. The molecule has 17 heavy (non-hydrogen) atoms. The van der Waals surface area contributed by atoms with Crippen LogP contribution >= 0.6 is 11.3 Å². The molecule has 0 fully saturated rings. The summed E-state index contributed by atoms with van der Waals surface area (Å²) in [6.07, 6.45) is 0.791. The van der Waals surface area contributed by atoms with Crippen molar-refractivity contribution in [1.29, 1.82) is 0 Å². The number of nitrogens with one attached hydrogen (secondary N) is 1. The van der Waals surface area contributed by atoms with Crippen molar-refractivity contribution in [3.8, 4) is 0 Å². The lowest BCUT2D eigenvalue weighted by Gasteiger charge is -2.12. The quantitative estimate of drug-likeness (QED) is 0.851. The molecule has 1 unspecified atom stereocenters. The van der Waals surface area contributed by atoms with Gasteiger partial charge in [-0.25, -0.2) is 0 Å². The lowest BCUT2D eigenvalue weighted by molar-refractivity contribution is 0.865. The molecule has 0 radical (unpaired) electrons. The average Bonchev–Trinajstić information content (AvgIpc) is 2.78. The molecule has 2 aromatic rings. The van der Waals surface area contributed by atoms with E-state index in [2.05, 4.69) is 34.6 Å². The van der Waals surface area contributed by atoms with Gasteiger partial charge in [0.15, 0.2) is 0 Å². The maximum Gasteiger partial charge on any atom is 0.206 e. The van der Waals surface area contributed by atoms with E-state index >= 15 is 0 Å². The standard InChI is InChI=1S/C12H16N4S/c1-9(10-5-3-2-4-6-10)14-12-16-15-11(17-12)7-8-13/h2-6,9H,7-8,13H2,1H3,(H,14,16). The zero-order chi connectivity index (χ0) is 12.1. The van der Waals surface area contributed by atoms with Gasteiger partial charge in [0.05, 0.1) is 6.04 Å². The normalized spacial score (nSPS) is 12.4. The predicted octanol–water partition coefficient (Wildman–Crippen LogP) is 2.21. The molecule has 90 valence electrons. The molecule has 1 aromatic carbocycles. The third kappa shape index (κ3) is 3.25. The fraction of sp³-hybridized carbons (Fsp3) is 0.333. The first-order valence-corrected chi connectivity index (χ1v) is 6.45. The summed E-state index contributed by atoms with van der Waals surface area (Å²) in [6, 6.07) is 10.5. The lowest BCUT2D eigenvalue weighted by Crippen LogP contribution is -2.05. The largest absolute Gasteiger partial charge is 0.354 e. The molecule has 1 atom stereocenters. The number of benzene rings is 1. The molecule has 3 N–H and O–H groups in total. The van der Waals surface area contributed by atoms with E-state index in [1.807, 2.05) is 18.2 Å². The molecule has 0 aliphatic rings. The Labute approximate surface area is 105 Å². The summed E-state index contributed by atoms with van der Waals surface area (Å²) in [6.45, 7) is 2.72. The van der Waals surface area contributed by atoms with Gasteiger partial charge in [0.2, 0.25) is 5.13 Å². The first-order valence-electron chi connectivity index (χ1n) is 5.63. The van der Waals surface area contributed by atoms with Gasteiger partial charge in [0, 0.05) is 6.42 Å². The van der Waals surface area contributed by atoms with E-state index < -0.39 is 0 Å². The van der Waals surface area contributed by atoms with Crippen LogP contribution in [0.15, 0.2) is 30.3 Å². The predicted molar refractivity (Wildman–Crippen MR) is 71.1 cm³/mol. The smallest absolute Gasteiger partial charge is 0.206 e. The number of nitrogens with two attached hydrogens (primary N) is 1. The second-order valence-electron chi connectivity index (χ2n) is 3.82. The zero-order valence-electron chi connectivity index (χ0n) is 9.76. The fourth-order valence-electron chi connectivity index (χ4n) is 1.55. The Morgan fingerprint density at radius 3 is 2.76 bits per heavy atom. The molecular weight excluding hydrogens is 232 g/mol. The summed E-state index contributed by atoms with van der Waals surface area (Å²) >= 11 is 1.57. The van der Waals surface area contributed by atoms with Crippen LogP contribution in [-0.4, -0.2) is 16.7 Å². The van der Waals surface area contributed by atoms with Crippen molar-refractivity contribution in [2.75, 3.05) is 11.9 Å². The summed E-state index contributed by atoms with van der Waals surface area (Å²) < 4.78 is 0. The van der Waals surface area contributed by atoms with Gasteiger partial charge < -0.3 is 11.1 Å². The highest BCUT2D eigenvalue weighted by Gasteiger charge is 2.08. The van der Waals surface area contributed by atoms with Gasteiger partial charge in [0.1, 0.15) is 5.01 Å². The van der Waals surface area contributed by atoms with Crippen molar-refractivity contribution in [2.24, 2.45) is 5.73 Å². The van der Waals surface area contributed by atoms with Gasteiger partial charge >= 0.3 is 0 Å². The average molecular weight is 248 g/mol. The van der Waals surface area contributed by atoms with Gasteiger partial charge in [-0.1, -0.05) is 41.7 Å². The Bertz CT molecular complexity index is 455. The SMILES string of the molecule is CC(Nc1nnc(CCN)s1)c1ccccc1. The van der Waals surface area contributed by atoms with Crippen molar-refractivity contribution in [3.05, 3.63) is 40.9 Å². The molecule has 5 heteroatoms. The summed E-state index contributed by atoms with van der Waals surface area (Å²) in [5.74, 6) is 0. The number of rotatable bonds is 5. The highest BCUT2D eigenvalue weighted by atomic mass is 32.1. The molecule has 0 amide bonds. The third-order valence-corrected chi connectivity index (χ3v) is 3.38. The van der Waals surface area contributed by atoms with Gasteiger partial charge in [-0.05, 0) is 19.0 Å². The summed E-state index contributed by atoms with van der Waals surface area (Å²) in [5, 5.41) is 13.4. The van der Waals surface area contributed by atoms with Crippen LogP contribution in [0.2, 0.25) is 0 Å². The van der Waals surface area contributed by atoms with Gasteiger partial charge in [0.25, 0.3) is 0 Å². The molecule has 2 rings (SSSR count). The van der Waals surface area contributed by atoms with E-state index in [0.717, 1.165) is 16.6 Å². The van der Waals surface area contributed by atoms with Gasteiger partial charge in [-0.3, -0.25) is 0 Å². The van der Waals surface area contributed by atoms with Crippen LogP contribution in [0.25, 0.3) is 0 Å². The van der Waals surface area contributed by atoms with E-state index in [9.17, 15) is 0 Å². The lowest BCUT2D eigenvalue weighted by atomic mass is 10.1. The zero-order valence-corrected chi connectivity index (χ0v) is 10.6. The Morgan fingerprint density at radius 1 is 1.29 bits per heavy atom. The minimum Gasteiger partial charge on any atom is -0.354 e. The van der Waals surface area contributed by atoms with Crippen LogP contribution in [0.1, 0.15) is 23.5 Å². The van der Waals surface area contributed by atoms with E-state index in [4.69, 9.17) is 5.73 Å². The Morgan fingerprint density at radius 2 is 2.06 bits per heavy atom. The third-order valence-electron chi connectivity index (χ3n) is 2.46. The second kappa shape index (κ2) is 5.75. The summed E-state index contributed by atoms with van der Waals surface area (Å²) in [4.78, 5) is 0. The summed E-state index contributed by atoms with van der Waals surface area (Å²) in [7, 11) is 0. The highest BCUT2D eigenvalue weighted by Crippen LogP contribution is 2.22. The van der Waals surface area contributed by atoms with Crippen LogP contribution in [0.3, 0.4) is 0 Å². The van der Waals surface area contributed by atoms with Crippen LogP contribution in [0.4, 0.5) is 5.13 Å². The molecule has 1 heterocycles. The number of hydrogen-bond acceptors (Lipinski definition) is 5. The maximum absolute atomic E-state index is 5.48.